The Morgan fingerprint density at radius 2 is 0.978 bits per heavy atom. The van der Waals surface area contributed by atoms with Crippen LogP contribution in [0.2, 0.25) is 0 Å². The second kappa shape index (κ2) is 10.5. The summed E-state index contributed by atoms with van der Waals surface area (Å²) in [5.41, 5.74) is 2.39. The van der Waals surface area contributed by atoms with Crippen molar-refractivity contribution in [1.29, 1.82) is 0 Å². The number of aliphatic imine (C=N–C) groups is 3. The Morgan fingerprint density at radius 1 is 0.489 bits per heavy atom. The van der Waals surface area contributed by atoms with E-state index >= 15 is 0 Å². The van der Waals surface area contributed by atoms with E-state index in [4.69, 9.17) is 44.1 Å². The molecule has 4 aromatic heterocycles. The van der Waals surface area contributed by atoms with Crippen LogP contribution >= 0.6 is 0 Å². The molecule has 0 spiro atoms. The quantitative estimate of drug-likeness (QED) is 0.314. The van der Waals surface area contributed by atoms with Gasteiger partial charge in [0.1, 0.15) is 42.6 Å². The molecule has 3 aliphatic rings. The van der Waals surface area contributed by atoms with E-state index in [9.17, 15) is 0 Å². The predicted octanol–water partition coefficient (Wildman–Crippen LogP) is 4.12. The molecule has 0 N–H and O–H groups in total. The second-order valence-corrected chi connectivity index (χ2v) is 13.0. The molecule has 0 aliphatic carbocycles. The fraction of sp³-hybridized carbons (Fsp3) is 0.375. The number of hydrogen-bond donors (Lipinski definition) is 0. The zero-order valence-corrected chi connectivity index (χ0v) is 25.9. The summed E-state index contributed by atoms with van der Waals surface area (Å²) in [6, 6.07) is 7.45. The molecule has 13 heteroatoms. The molecule has 7 rings (SSSR count). The minimum absolute atomic E-state index is 0.297. The average Bonchev–Trinajstić information content (AvgIpc) is 3.71. The molecule has 3 aliphatic heterocycles. The van der Waals surface area contributed by atoms with E-state index in [1.165, 1.54) is 0 Å². The van der Waals surface area contributed by atoms with Crippen LogP contribution in [0, 0.1) is 0 Å². The number of hydrogen-bond acceptors (Lipinski definition) is 13. The molecule has 0 amide bonds. The van der Waals surface area contributed by atoms with Gasteiger partial charge >= 0.3 is 0 Å². The Morgan fingerprint density at radius 3 is 1.62 bits per heavy atom. The van der Waals surface area contributed by atoms with Gasteiger partial charge in [-0.05, 0) is 59.7 Å². The van der Waals surface area contributed by atoms with Crippen LogP contribution in [-0.2, 0) is 14.2 Å². The molecule has 7 heterocycles. The van der Waals surface area contributed by atoms with Crippen LogP contribution in [0.3, 0.4) is 0 Å². The maximum absolute atomic E-state index is 5.87. The van der Waals surface area contributed by atoms with Crippen LogP contribution in [0.4, 0.5) is 0 Å². The van der Waals surface area contributed by atoms with Crippen molar-refractivity contribution < 1.29 is 14.2 Å². The van der Waals surface area contributed by atoms with Crippen molar-refractivity contribution in [1.82, 2.24) is 34.9 Å². The van der Waals surface area contributed by atoms with Gasteiger partial charge in [-0.2, -0.15) is 0 Å². The Labute approximate surface area is 260 Å². The van der Waals surface area contributed by atoms with Crippen molar-refractivity contribution in [2.45, 2.75) is 58.2 Å². The Balaban J connectivity index is 1.34. The summed E-state index contributed by atoms with van der Waals surface area (Å²) in [5, 5.41) is 0. The summed E-state index contributed by atoms with van der Waals surface area (Å²) in [5.74, 6) is 2.43. The lowest BCUT2D eigenvalue weighted by molar-refractivity contribution is 0.279. The van der Waals surface area contributed by atoms with Gasteiger partial charge in [0.25, 0.3) is 0 Å². The molecule has 0 saturated carbocycles. The molecule has 13 nitrogen and oxygen atoms in total. The number of nitrogens with zero attached hydrogens (tertiary/aromatic N) is 10. The molecule has 0 unspecified atom stereocenters. The highest BCUT2D eigenvalue weighted by Gasteiger charge is 2.30. The third-order valence-corrected chi connectivity index (χ3v) is 7.06. The van der Waals surface area contributed by atoms with E-state index in [1.54, 1.807) is 24.8 Å². The van der Waals surface area contributed by atoms with Crippen molar-refractivity contribution in [3.8, 4) is 34.4 Å². The van der Waals surface area contributed by atoms with Crippen LogP contribution in [0.15, 0.2) is 64.0 Å². The zero-order chi connectivity index (χ0) is 31.4. The normalized spacial score (nSPS) is 19.2. The van der Waals surface area contributed by atoms with E-state index in [0.717, 1.165) is 5.56 Å². The molecular weight excluding hydrogens is 572 g/mol. The minimum Gasteiger partial charge on any atom is -0.475 e. The van der Waals surface area contributed by atoms with E-state index in [2.05, 4.69) is 20.0 Å². The molecule has 45 heavy (non-hydrogen) atoms. The Kier molecular flexibility index (Phi) is 6.64. The first kappa shape index (κ1) is 28.6. The predicted molar refractivity (Wildman–Crippen MR) is 167 cm³/mol. The van der Waals surface area contributed by atoms with Gasteiger partial charge in [-0.25, -0.2) is 39.9 Å². The smallest absolute Gasteiger partial charge is 0.237 e. The van der Waals surface area contributed by atoms with Crippen molar-refractivity contribution in [2.24, 2.45) is 15.0 Å². The SMILES string of the molecule is CC1(C)COC(c2cncc(-c3nc(-c4cccc(C5=NC(C)(C)CO5)n4)nc(-c4cncc(C5=NC(C)(C)CO5)n4)n3)c2)=N1. The Hall–Kier alpha value is -5.20. The van der Waals surface area contributed by atoms with Gasteiger partial charge in [0.2, 0.25) is 17.7 Å². The molecule has 0 saturated heterocycles. The molecule has 0 fully saturated rings. The van der Waals surface area contributed by atoms with Crippen molar-refractivity contribution in [3.63, 3.8) is 0 Å². The highest BCUT2D eigenvalue weighted by atomic mass is 16.5. The number of ether oxygens (including phenoxy) is 3. The van der Waals surface area contributed by atoms with Gasteiger partial charge in [-0.1, -0.05) is 6.07 Å². The van der Waals surface area contributed by atoms with E-state index in [1.807, 2.05) is 65.8 Å². The van der Waals surface area contributed by atoms with Gasteiger partial charge in [-0.3, -0.25) is 9.97 Å². The van der Waals surface area contributed by atoms with Gasteiger partial charge in [0.05, 0.1) is 34.6 Å². The fourth-order valence-electron chi connectivity index (χ4n) is 4.83. The molecule has 0 bridgehead atoms. The van der Waals surface area contributed by atoms with Crippen LogP contribution in [-0.4, -0.2) is 89.0 Å². The largest absolute Gasteiger partial charge is 0.475 e. The summed E-state index contributed by atoms with van der Waals surface area (Å²) in [6.45, 7) is 13.5. The van der Waals surface area contributed by atoms with Crippen LogP contribution in [0.1, 0.15) is 58.5 Å². The molecule has 228 valence electrons. The molecule has 4 aromatic rings. The van der Waals surface area contributed by atoms with Gasteiger partial charge < -0.3 is 14.2 Å². The van der Waals surface area contributed by atoms with Crippen molar-refractivity contribution in [2.75, 3.05) is 19.8 Å². The Bertz CT molecular complexity index is 1680. The lowest BCUT2D eigenvalue weighted by Crippen LogP contribution is -2.17. The second-order valence-electron chi connectivity index (χ2n) is 13.0. The first-order valence-corrected chi connectivity index (χ1v) is 14.6. The van der Waals surface area contributed by atoms with Crippen molar-refractivity contribution >= 4 is 17.7 Å². The number of rotatable bonds is 6. The standard InChI is InChI=1S/C32H32N10O3/c1-30(2)15-43-27(40-30)19-10-18(11-33-12-19)24-37-25(20-8-7-9-21(35-20)28-41-31(3,4)16-44-28)39-26(38-24)22-13-34-14-23(36-22)29-42-32(5,6)17-45-29/h7-14H,15-17H2,1-6H3. The van der Waals surface area contributed by atoms with Crippen LogP contribution < -0.4 is 0 Å². The molecule has 0 atom stereocenters. The monoisotopic (exact) mass is 604 g/mol. The third-order valence-electron chi connectivity index (χ3n) is 7.06. The summed E-state index contributed by atoms with van der Waals surface area (Å²) < 4.78 is 17.5. The fourth-order valence-corrected chi connectivity index (χ4v) is 4.83. The minimum atomic E-state index is -0.347. The topological polar surface area (TPSA) is 155 Å². The maximum Gasteiger partial charge on any atom is 0.237 e. The van der Waals surface area contributed by atoms with E-state index in [0.29, 0.717) is 83.3 Å². The number of pyridine rings is 2. The molecular formula is C32H32N10O3. The zero-order valence-electron chi connectivity index (χ0n) is 25.9. The van der Waals surface area contributed by atoms with E-state index in [-0.39, 0.29) is 16.6 Å². The maximum atomic E-state index is 5.87. The number of aromatic nitrogens is 7. The van der Waals surface area contributed by atoms with Crippen LogP contribution in [0.5, 0.6) is 0 Å². The lowest BCUT2D eigenvalue weighted by atomic mass is 10.1. The first-order chi connectivity index (χ1) is 21.4. The molecule has 0 radical (unpaired) electrons. The first-order valence-electron chi connectivity index (χ1n) is 14.6. The highest BCUT2D eigenvalue weighted by molar-refractivity contribution is 5.96. The molecule has 0 aromatic carbocycles. The van der Waals surface area contributed by atoms with E-state index < -0.39 is 0 Å². The van der Waals surface area contributed by atoms with Crippen molar-refractivity contribution in [3.05, 3.63) is 66.0 Å². The summed E-state index contributed by atoms with van der Waals surface area (Å²) >= 11 is 0. The summed E-state index contributed by atoms with van der Waals surface area (Å²) in [4.78, 5) is 46.9. The third kappa shape index (κ3) is 5.97. The van der Waals surface area contributed by atoms with Crippen LogP contribution in [0.25, 0.3) is 34.4 Å². The average molecular weight is 605 g/mol. The van der Waals surface area contributed by atoms with Gasteiger partial charge in [-0.15, -0.1) is 0 Å². The summed E-state index contributed by atoms with van der Waals surface area (Å²) in [6.07, 6.45) is 6.60. The van der Waals surface area contributed by atoms with Gasteiger partial charge in [0, 0.05) is 18.0 Å². The highest BCUT2D eigenvalue weighted by Crippen LogP contribution is 2.27. The van der Waals surface area contributed by atoms with Gasteiger partial charge in [0.15, 0.2) is 17.5 Å². The summed E-state index contributed by atoms with van der Waals surface area (Å²) in [7, 11) is 0. The lowest BCUT2D eigenvalue weighted by Gasteiger charge is -2.09.